The number of nitrogens with one attached hydrogen (secondary N) is 2. The highest BCUT2D eigenvalue weighted by Crippen LogP contribution is 2.25. The standard InChI is InChI=1S/C20H16BrN3O4/c21-14-4-3-5-15(11-14)23-20(26)17-6-1-2-7-18(17)22-12-13-10-16(24(27)28)8-9-19(13)25/h1-11,22,25H,12H2,(H,23,26). The summed E-state index contributed by atoms with van der Waals surface area (Å²) >= 11 is 3.36. The van der Waals surface area contributed by atoms with Crippen molar-refractivity contribution in [2.24, 2.45) is 0 Å². The zero-order chi connectivity index (χ0) is 20.1. The van der Waals surface area contributed by atoms with Crippen molar-refractivity contribution in [1.29, 1.82) is 0 Å². The van der Waals surface area contributed by atoms with Gasteiger partial charge in [-0.1, -0.05) is 34.1 Å². The lowest BCUT2D eigenvalue weighted by Gasteiger charge is -2.13. The lowest BCUT2D eigenvalue weighted by molar-refractivity contribution is -0.384. The first-order valence-corrected chi connectivity index (χ1v) is 9.09. The number of hydrogen-bond donors (Lipinski definition) is 3. The zero-order valence-corrected chi connectivity index (χ0v) is 16.1. The van der Waals surface area contributed by atoms with E-state index in [4.69, 9.17) is 0 Å². The average molecular weight is 442 g/mol. The van der Waals surface area contributed by atoms with Crippen LogP contribution in [0.1, 0.15) is 15.9 Å². The molecule has 8 heteroatoms. The van der Waals surface area contributed by atoms with Gasteiger partial charge in [0, 0.05) is 40.1 Å². The van der Waals surface area contributed by atoms with Crippen LogP contribution in [0.25, 0.3) is 0 Å². The first-order chi connectivity index (χ1) is 13.4. The van der Waals surface area contributed by atoms with E-state index in [2.05, 4.69) is 26.6 Å². The van der Waals surface area contributed by atoms with Crippen LogP contribution in [0.3, 0.4) is 0 Å². The largest absolute Gasteiger partial charge is 0.508 e. The van der Waals surface area contributed by atoms with Crippen molar-refractivity contribution < 1.29 is 14.8 Å². The zero-order valence-electron chi connectivity index (χ0n) is 14.6. The van der Waals surface area contributed by atoms with Gasteiger partial charge < -0.3 is 15.7 Å². The number of aromatic hydroxyl groups is 1. The second kappa shape index (κ2) is 8.53. The minimum absolute atomic E-state index is 0.0610. The predicted octanol–water partition coefficient (Wildman–Crippen LogP) is 4.93. The topological polar surface area (TPSA) is 104 Å². The number of para-hydroxylation sites is 1. The number of carbonyl (C=O) groups is 1. The van der Waals surface area contributed by atoms with Gasteiger partial charge in [-0.25, -0.2) is 0 Å². The third-order valence-corrected chi connectivity index (χ3v) is 4.49. The van der Waals surface area contributed by atoms with Crippen LogP contribution in [0, 0.1) is 10.1 Å². The van der Waals surface area contributed by atoms with Crippen LogP contribution in [0.15, 0.2) is 71.2 Å². The highest BCUT2D eigenvalue weighted by atomic mass is 79.9. The maximum absolute atomic E-state index is 12.7. The Bertz CT molecular complexity index is 1040. The minimum Gasteiger partial charge on any atom is -0.508 e. The van der Waals surface area contributed by atoms with Crippen molar-refractivity contribution in [2.45, 2.75) is 6.54 Å². The number of nitro groups is 1. The summed E-state index contributed by atoms with van der Waals surface area (Å²) in [5, 5.41) is 26.8. The molecule has 28 heavy (non-hydrogen) atoms. The molecule has 0 aliphatic rings. The lowest BCUT2D eigenvalue weighted by atomic mass is 10.1. The Kier molecular flexibility index (Phi) is 5.90. The molecule has 0 aliphatic carbocycles. The molecule has 0 aliphatic heterocycles. The van der Waals surface area contributed by atoms with Crippen LogP contribution >= 0.6 is 15.9 Å². The van der Waals surface area contributed by atoms with Crippen molar-refractivity contribution in [3.8, 4) is 5.75 Å². The number of amides is 1. The van der Waals surface area contributed by atoms with Crippen LogP contribution in [0.5, 0.6) is 5.75 Å². The highest BCUT2D eigenvalue weighted by Gasteiger charge is 2.14. The number of rotatable bonds is 6. The molecule has 0 aromatic heterocycles. The van der Waals surface area contributed by atoms with E-state index in [1.54, 1.807) is 36.4 Å². The smallest absolute Gasteiger partial charge is 0.270 e. The predicted molar refractivity (Wildman–Crippen MR) is 111 cm³/mol. The van der Waals surface area contributed by atoms with E-state index in [0.29, 0.717) is 22.5 Å². The molecule has 0 fully saturated rings. The maximum Gasteiger partial charge on any atom is 0.270 e. The minimum atomic E-state index is -0.525. The Labute approximate surface area is 169 Å². The molecular formula is C20H16BrN3O4. The molecule has 3 rings (SSSR count). The number of nitro benzene ring substituents is 1. The Balaban J connectivity index is 1.78. The molecule has 1 amide bonds. The van der Waals surface area contributed by atoms with E-state index in [1.807, 2.05) is 12.1 Å². The van der Waals surface area contributed by atoms with Gasteiger partial charge in [-0.3, -0.25) is 14.9 Å². The Morgan fingerprint density at radius 1 is 1.07 bits per heavy atom. The van der Waals surface area contributed by atoms with Crippen LogP contribution in [-0.2, 0) is 6.54 Å². The molecule has 0 spiro atoms. The summed E-state index contributed by atoms with van der Waals surface area (Å²) in [5.74, 6) is -0.362. The number of halogens is 1. The highest BCUT2D eigenvalue weighted by molar-refractivity contribution is 9.10. The molecular weight excluding hydrogens is 426 g/mol. The van der Waals surface area contributed by atoms with Gasteiger partial charge in [0.05, 0.1) is 10.5 Å². The van der Waals surface area contributed by atoms with Crippen LogP contribution < -0.4 is 10.6 Å². The molecule has 3 aromatic rings. The fourth-order valence-corrected chi connectivity index (χ4v) is 3.02. The summed E-state index contributed by atoms with van der Waals surface area (Å²) in [6.07, 6.45) is 0. The SMILES string of the molecule is O=C(Nc1cccc(Br)c1)c1ccccc1NCc1cc([N+](=O)[O-])ccc1O. The van der Waals surface area contributed by atoms with Gasteiger partial charge in [-0.05, 0) is 36.4 Å². The van der Waals surface area contributed by atoms with Crippen LogP contribution in [0.2, 0.25) is 0 Å². The Morgan fingerprint density at radius 2 is 1.86 bits per heavy atom. The van der Waals surface area contributed by atoms with Crippen molar-refractivity contribution in [3.05, 3.63) is 92.4 Å². The second-order valence-corrected chi connectivity index (χ2v) is 6.85. The molecule has 7 nitrogen and oxygen atoms in total. The summed E-state index contributed by atoms with van der Waals surface area (Å²) in [4.78, 5) is 23.1. The van der Waals surface area contributed by atoms with Crippen LogP contribution in [-0.4, -0.2) is 15.9 Å². The second-order valence-electron chi connectivity index (χ2n) is 5.93. The van der Waals surface area contributed by atoms with Crippen molar-refractivity contribution >= 4 is 38.9 Å². The fourth-order valence-electron chi connectivity index (χ4n) is 2.62. The van der Waals surface area contributed by atoms with Crippen LogP contribution in [0.4, 0.5) is 17.1 Å². The normalized spacial score (nSPS) is 10.3. The molecule has 0 saturated heterocycles. The van der Waals surface area contributed by atoms with E-state index in [1.165, 1.54) is 18.2 Å². The van der Waals surface area contributed by atoms with E-state index in [9.17, 15) is 20.0 Å². The average Bonchev–Trinajstić information content (AvgIpc) is 2.67. The van der Waals surface area contributed by atoms with E-state index < -0.39 is 4.92 Å². The summed E-state index contributed by atoms with van der Waals surface area (Å²) in [6.45, 7) is 0.120. The number of non-ortho nitro benzene ring substituents is 1. The first-order valence-electron chi connectivity index (χ1n) is 8.30. The molecule has 3 aromatic carbocycles. The number of nitrogens with zero attached hydrogens (tertiary/aromatic N) is 1. The fraction of sp³-hybridized carbons (Fsp3) is 0.0500. The molecule has 0 saturated carbocycles. The molecule has 0 heterocycles. The van der Waals surface area contributed by atoms with E-state index in [-0.39, 0.29) is 23.9 Å². The molecule has 0 radical (unpaired) electrons. The summed E-state index contributed by atoms with van der Waals surface area (Å²) in [7, 11) is 0. The van der Waals surface area contributed by atoms with Gasteiger partial charge >= 0.3 is 0 Å². The van der Waals surface area contributed by atoms with Crippen molar-refractivity contribution in [1.82, 2.24) is 0 Å². The monoisotopic (exact) mass is 441 g/mol. The summed E-state index contributed by atoms with van der Waals surface area (Å²) in [6, 6.07) is 18.0. The van der Waals surface area contributed by atoms with Gasteiger partial charge in [-0.2, -0.15) is 0 Å². The van der Waals surface area contributed by atoms with Gasteiger partial charge in [0.15, 0.2) is 0 Å². The number of phenols is 1. The van der Waals surface area contributed by atoms with Crippen molar-refractivity contribution in [3.63, 3.8) is 0 Å². The first kappa shape index (κ1) is 19.4. The van der Waals surface area contributed by atoms with E-state index in [0.717, 1.165) is 4.47 Å². The van der Waals surface area contributed by atoms with Gasteiger partial charge in [0.1, 0.15) is 5.75 Å². The number of phenolic OH excluding ortho intramolecular Hbond substituents is 1. The Hall–Kier alpha value is -3.39. The van der Waals surface area contributed by atoms with Gasteiger partial charge in [0.25, 0.3) is 11.6 Å². The maximum atomic E-state index is 12.7. The number of hydrogen-bond acceptors (Lipinski definition) is 5. The Morgan fingerprint density at radius 3 is 2.61 bits per heavy atom. The summed E-state index contributed by atoms with van der Waals surface area (Å²) < 4.78 is 0.845. The van der Waals surface area contributed by atoms with Gasteiger partial charge in [-0.15, -0.1) is 0 Å². The van der Waals surface area contributed by atoms with E-state index >= 15 is 0 Å². The summed E-state index contributed by atoms with van der Waals surface area (Å²) in [5.41, 5.74) is 1.84. The van der Waals surface area contributed by atoms with Crippen molar-refractivity contribution in [2.75, 3.05) is 10.6 Å². The third-order valence-electron chi connectivity index (χ3n) is 4.00. The number of benzene rings is 3. The quantitative estimate of drug-likeness (QED) is 0.371. The number of carbonyl (C=O) groups excluding carboxylic acids is 1. The lowest BCUT2D eigenvalue weighted by Crippen LogP contribution is -2.14. The molecule has 3 N–H and O–H groups in total. The molecule has 142 valence electrons. The third kappa shape index (κ3) is 4.66. The molecule has 0 bridgehead atoms. The number of anilines is 2. The molecule has 0 unspecified atom stereocenters. The van der Waals surface area contributed by atoms with Gasteiger partial charge in [0.2, 0.25) is 0 Å². The molecule has 0 atom stereocenters.